The van der Waals surface area contributed by atoms with Gasteiger partial charge in [0.2, 0.25) is 0 Å². The zero-order valence-corrected chi connectivity index (χ0v) is 15.4. The molecule has 2 aromatic heterocycles. The van der Waals surface area contributed by atoms with Crippen LogP contribution in [0.2, 0.25) is 0 Å². The molecule has 0 unspecified atom stereocenters. The molecule has 2 heterocycles. The van der Waals surface area contributed by atoms with Crippen LogP contribution in [-0.2, 0) is 19.4 Å². The molecule has 126 valence electrons. The quantitative estimate of drug-likeness (QED) is 0.717. The maximum atomic E-state index is 4.75. The van der Waals surface area contributed by atoms with E-state index < -0.39 is 0 Å². The zero-order valence-electron chi connectivity index (χ0n) is 15.4. The van der Waals surface area contributed by atoms with Crippen LogP contribution in [0.4, 0.5) is 5.69 Å². The molecule has 3 aromatic rings. The van der Waals surface area contributed by atoms with Crippen LogP contribution in [-0.4, -0.2) is 9.38 Å². The lowest BCUT2D eigenvalue weighted by molar-refractivity contribution is 0.984. The van der Waals surface area contributed by atoms with Crippen molar-refractivity contribution in [2.75, 3.05) is 5.32 Å². The number of nitrogens with one attached hydrogen (secondary N) is 1. The standard InChI is InChI=1S/C21H27N3/c1-6-17-9-8-10-18(7-2)19(17)12-22-20-11-14(3)13-24-16(5)15(4)23-21(20)24/h8-11,13,22H,6-7,12H2,1-5H3. The van der Waals surface area contributed by atoms with Crippen molar-refractivity contribution in [2.45, 2.75) is 54.0 Å². The lowest BCUT2D eigenvalue weighted by atomic mass is 9.97. The van der Waals surface area contributed by atoms with Gasteiger partial charge >= 0.3 is 0 Å². The summed E-state index contributed by atoms with van der Waals surface area (Å²) in [6.07, 6.45) is 4.29. The van der Waals surface area contributed by atoms with Crippen LogP contribution in [0.3, 0.4) is 0 Å². The number of aromatic nitrogens is 2. The van der Waals surface area contributed by atoms with Crippen LogP contribution < -0.4 is 5.32 Å². The fourth-order valence-electron chi connectivity index (χ4n) is 3.40. The monoisotopic (exact) mass is 321 g/mol. The van der Waals surface area contributed by atoms with Crippen molar-refractivity contribution in [3.05, 3.63) is 64.1 Å². The minimum Gasteiger partial charge on any atom is -0.378 e. The molecule has 24 heavy (non-hydrogen) atoms. The third-order valence-electron chi connectivity index (χ3n) is 4.92. The van der Waals surface area contributed by atoms with Crippen LogP contribution in [0, 0.1) is 20.8 Å². The summed E-state index contributed by atoms with van der Waals surface area (Å²) in [5.74, 6) is 0. The summed E-state index contributed by atoms with van der Waals surface area (Å²) >= 11 is 0. The van der Waals surface area contributed by atoms with Crippen LogP contribution in [0.15, 0.2) is 30.5 Å². The van der Waals surface area contributed by atoms with E-state index in [1.165, 1.54) is 27.9 Å². The molecular weight excluding hydrogens is 294 g/mol. The summed E-state index contributed by atoms with van der Waals surface area (Å²) in [7, 11) is 0. The molecule has 1 N–H and O–H groups in total. The average molecular weight is 321 g/mol. The number of hydrogen-bond donors (Lipinski definition) is 1. The average Bonchev–Trinajstić information content (AvgIpc) is 2.87. The second kappa shape index (κ2) is 6.68. The summed E-state index contributed by atoms with van der Waals surface area (Å²) in [6.45, 7) is 11.6. The Balaban J connectivity index is 1.99. The molecule has 0 aliphatic carbocycles. The lowest BCUT2D eigenvalue weighted by Crippen LogP contribution is -2.07. The fraction of sp³-hybridized carbons (Fsp3) is 0.381. The minimum absolute atomic E-state index is 0.844. The van der Waals surface area contributed by atoms with E-state index in [9.17, 15) is 0 Å². The van der Waals surface area contributed by atoms with Gasteiger partial charge in [0.1, 0.15) is 0 Å². The third-order valence-corrected chi connectivity index (χ3v) is 4.92. The van der Waals surface area contributed by atoms with E-state index in [2.05, 4.69) is 74.8 Å². The second-order valence-electron chi connectivity index (χ2n) is 6.52. The molecule has 0 bridgehead atoms. The molecule has 0 amide bonds. The third kappa shape index (κ3) is 2.91. The van der Waals surface area contributed by atoms with Gasteiger partial charge in [-0.3, -0.25) is 0 Å². The van der Waals surface area contributed by atoms with Crippen LogP contribution >= 0.6 is 0 Å². The van der Waals surface area contributed by atoms with Gasteiger partial charge in [-0.2, -0.15) is 0 Å². The summed E-state index contributed by atoms with van der Waals surface area (Å²) in [6, 6.07) is 8.85. The van der Waals surface area contributed by atoms with E-state index in [1.54, 1.807) is 0 Å². The van der Waals surface area contributed by atoms with Gasteiger partial charge < -0.3 is 9.72 Å². The maximum Gasteiger partial charge on any atom is 0.160 e. The second-order valence-corrected chi connectivity index (χ2v) is 6.52. The van der Waals surface area contributed by atoms with E-state index in [1.807, 2.05) is 0 Å². The predicted octanol–water partition coefficient (Wildman–Crippen LogP) is 5.00. The normalized spacial score (nSPS) is 11.2. The number of benzene rings is 1. The number of fused-ring (bicyclic) bond motifs is 1. The van der Waals surface area contributed by atoms with E-state index in [0.29, 0.717) is 0 Å². The Labute approximate surface area is 144 Å². The summed E-state index contributed by atoms with van der Waals surface area (Å²) in [5, 5.41) is 3.65. The van der Waals surface area contributed by atoms with Gasteiger partial charge in [0.15, 0.2) is 5.65 Å². The number of aryl methyl sites for hydroxylation is 5. The van der Waals surface area contributed by atoms with Gasteiger partial charge in [-0.25, -0.2) is 4.98 Å². The number of nitrogens with zero attached hydrogens (tertiary/aromatic N) is 2. The molecule has 0 saturated carbocycles. The molecule has 0 aliphatic rings. The lowest BCUT2D eigenvalue weighted by Gasteiger charge is -2.15. The van der Waals surface area contributed by atoms with Crippen molar-refractivity contribution in [3.8, 4) is 0 Å². The smallest absolute Gasteiger partial charge is 0.160 e. The number of imidazole rings is 1. The van der Waals surface area contributed by atoms with Crippen LogP contribution in [0.5, 0.6) is 0 Å². The first-order valence-corrected chi connectivity index (χ1v) is 8.84. The number of anilines is 1. The van der Waals surface area contributed by atoms with Crippen molar-refractivity contribution in [2.24, 2.45) is 0 Å². The summed E-state index contributed by atoms with van der Waals surface area (Å²) < 4.78 is 2.19. The van der Waals surface area contributed by atoms with Gasteiger partial charge in [0.25, 0.3) is 0 Å². The maximum absolute atomic E-state index is 4.75. The fourth-order valence-corrected chi connectivity index (χ4v) is 3.40. The molecule has 0 spiro atoms. The van der Waals surface area contributed by atoms with Crippen molar-refractivity contribution < 1.29 is 0 Å². The van der Waals surface area contributed by atoms with E-state index in [0.717, 1.165) is 36.4 Å². The van der Waals surface area contributed by atoms with E-state index in [4.69, 9.17) is 4.98 Å². The Morgan fingerprint density at radius 3 is 2.33 bits per heavy atom. The Hall–Kier alpha value is -2.29. The number of rotatable bonds is 5. The molecule has 0 saturated heterocycles. The topological polar surface area (TPSA) is 29.3 Å². The van der Waals surface area contributed by atoms with E-state index >= 15 is 0 Å². The van der Waals surface area contributed by atoms with Crippen molar-refractivity contribution in [1.29, 1.82) is 0 Å². The zero-order chi connectivity index (χ0) is 17.3. The molecule has 1 aromatic carbocycles. The van der Waals surface area contributed by atoms with Gasteiger partial charge in [-0.05, 0) is 61.9 Å². The van der Waals surface area contributed by atoms with Crippen LogP contribution in [0.25, 0.3) is 5.65 Å². The van der Waals surface area contributed by atoms with Crippen molar-refractivity contribution >= 4 is 11.3 Å². The molecular formula is C21H27N3. The molecule has 3 heteroatoms. The molecule has 0 radical (unpaired) electrons. The molecule has 0 atom stereocenters. The minimum atomic E-state index is 0.844. The van der Waals surface area contributed by atoms with Crippen molar-refractivity contribution in [1.82, 2.24) is 9.38 Å². The van der Waals surface area contributed by atoms with Crippen LogP contribution in [0.1, 0.15) is 47.5 Å². The number of pyridine rings is 1. The van der Waals surface area contributed by atoms with Gasteiger partial charge in [0, 0.05) is 18.4 Å². The summed E-state index contributed by atoms with van der Waals surface area (Å²) in [5.41, 5.74) is 9.96. The summed E-state index contributed by atoms with van der Waals surface area (Å²) in [4.78, 5) is 4.75. The Morgan fingerprint density at radius 2 is 1.71 bits per heavy atom. The van der Waals surface area contributed by atoms with Gasteiger partial charge in [0.05, 0.1) is 11.4 Å². The molecule has 0 aliphatic heterocycles. The van der Waals surface area contributed by atoms with Crippen molar-refractivity contribution in [3.63, 3.8) is 0 Å². The van der Waals surface area contributed by atoms with Gasteiger partial charge in [-0.15, -0.1) is 0 Å². The first-order valence-electron chi connectivity index (χ1n) is 8.84. The first-order chi connectivity index (χ1) is 11.5. The SMILES string of the molecule is CCc1cccc(CC)c1CNc1cc(C)cn2c(C)c(C)nc12. The highest BCUT2D eigenvalue weighted by Gasteiger charge is 2.11. The molecule has 3 rings (SSSR count). The van der Waals surface area contributed by atoms with Gasteiger partial charge in [-0.1, -0.05) is 32.0 Å². The van der Waals surface area contributed by atoms with E-state index in [-0.39, 0.29) is 0 Å². The highest BCUT2D eigenvalue weighted by Crippen LogP contribution is 2.24. The Morgan fingerprint density at radius 1 is 1.04 bits per heavy atom. The highest BCUT2D eigenvalue weighted by atomic mass is 15.1. The Kier molecular flexibility index (Phi) is 4.61. The number of hydrogen-bond acceptors (Lipinski definition) is 2. The largest absolute Gasteiger partial charge is 0.378 e. The first kappa shape index (κ1) is 16.6. The molecule has 0 fully saturated rings. The predicted molar refractivity (Wildman–Crippen MR) is 102 cm³/mol. The highest BCUT2D eigenvalue weighted by molar-refractivity contribution is 5.69. The molecule has 3 nitrogen and oxygen atoms in total. The Bertz CT molecular complexity index is 852.